The molecule has 0 aliphatic carbocycles. The van der Waals surface area contributed by atoms with Gasteiger partial charge in [0.25, 0.3) is 0 Å². The third-order valence-corrected chi connectivity index (χ3v) is 1.12. The number of carbonyl (C=O) groups is 1. The van der Waals surface area contributed by atoms with E-state index < -0.39 is 6.16 Å². The molecule has 0 aromatic heterocycles. The van der Waals surface area contributed by atoms with Crippen LogP contribution in [0, 0.1) is 5.41 Å². The Kier molecular flexibility index (Phi) is 2.93. The maximum absolute atomic E-state index is 9.91. The molecule has 0 amide bonds. The Morgan fingerprint density at radius 2 is 2.30 bits per heavy atom. The summed E-state index contributed by atoms with van der Waals surface area (Å²) in [5.74, 6) is 0. The zero-order valence-electron chi connectivity index (χ0n) is 6.26. The van der Waals surface area contributed by atoms with Crippen LogP contribution < -0.4 is 0 Å². The lowest BCUT2D eigenvalue weighted by molar-refractivity contribution is 0.0689. The summed E-state index contributed by atoms with van der Waals surface area (Å²) in [5, 5.41) is 8.12. The maximum atomic E-state index is 9.91. The summed E-state index contributed by atoms with van der Waals surface area (Å²) in [6.07, 6.45) is 0.422. The fourth-order valence-corrected chi connectivity index (χ4v) is 0.307. The first-order valence-corrected chi connectivity index (χ1v) is 2.97. The molecule has 0 aliphatic heterocycles. The molecule has 10 heavy (non-hydrogen) atoms. The monoisotopic (exact) mass is 144 g/mol. The van der Waals surface area contributed by atoms with Crippen LogP contribution >= 0.6 is 0 Å². The van der Waals surface area contributed by atoms with Gasteiger partial charge in [0.15, 0.2) is 0 Å². The van der Waals surface area contributed by atoms with Crippen LogP contribution in [0.5, 0.6) is 0 Å². The number of rotatable bonds is 3. The molecule has 0 saturated heterocycles. The van der Waals surface area contributed by atoms with Crippen molar-refractivity contribution in [1.82, 2.24) is 0 Å². The predicted molar refractivity (Wildman–Crippen MR) is 38.0 cm³/mol. The largest absolute Gasteiger partial charge is 0.505 e. The van der Waals surface area contributed by atoms with Gasteiger partial charge in [-0.2, -0.15) is 0 Å². The molecule has 0 bridgehead atoms. The molecular formula is C7H12O3. The molecule has 0 aliphatic rings. The quantitative estimate of drug-likeness (QED) is 0.486. The van der Waals surface area contributed by atoms with E-state index in [1.165, 1.54) is 0 Å². The van der Waals surface area contributed by atoms with Gasteiger partial charge in [-0.1, -0.05) is 19.9 Å². The van der Waals surface area contributed by atoms with Gasteiger partial charge in [0.1, 0.15) is 6.61 Å². The van der Waals surface area contributed by atoms with Gasteiger partial charge in [0, 0.05) is 5.41 Å². The van der Waals surface area contributed by atoms with Gasteiger partial charge in [-0.15, -0.1) is 6.58 Å². The first-order valence-electron chi connectivity index (χ1n) is 2.97. The van der Waals surface area contributed by atoms with E-state index in [4.69, 9.17) is 5.11 Å². The molecule has 58 valence electrons. The van der Waals surface area contributed by atoms with E-state index in [0.29, 0.717) is 0 Å². The Balaban J connectivity index is 3.67. The van der Waals surface area contributed by atoms with Gasteiger partial charge >= 0.3 is 6.16 Å². The molecule has 0 radical (unpaired) electrons. The van der Waals surface area contributed by atoms with Crippen LogP contribution in [0.3, 0.4) is 0 Å². The summed E-state index contributed by atoms with van der Waals surface area (Å²) in [5.41, 5.74) is -0.265. The van der Waals surface area contributed by atoms with Gasteiger partial charge in [0.2, 0.25) is 0 Å². The minimum absolute atomic E-state index is 0.159. The van der Waals surface area contributed by atoms with Crippen molar-refractivity contribution in [2.45, 2.75) is 13.8 Å². The van der Waals surface area contributed by atoms with E-state index in [-0.39, 0.29) is 12.0 Å². The first-order chi connectivity index (χ1) is 4.48. The molecule has 0 unspecified atom stereocenters. The Morgan fingerprint density at radius 3 is 2.60 bits per heavy atom. The molecule has 0 spiro atoms. The highest BCUT2D eigenvalue weighted by Crippen LogP contribution is 2.15. The van der Waals surface area contributed by atoms with Crippen LogP contribution in [0.25, 0.3) is 0 Å². The van der Waals surface area contributed by atoms with Gasteiger partial charge in [-0.25, -0.2) is 4.79 Å². The summed E-state index contributed by atoms with van der Waals surface area (Å²) >= 11 is 0. The highest BCUT2D eigenvalue weighted by molar-refractivity contribution is 5.56. The van der Waals surface area contributed by atoms with Crippen molar-refractivity contribution in [2.75, 3.05) is 6.61 Å². The molecule has 0 fully saturated rings. The lowest BCUT2D eigenvalue weighted by Crippen LogP contribution is -2.18. The highest BCUT2D eigenvalue weighted by atomic mass is 16.7. The SMILES string of the molecule is C=CC(C)(C)COC(=O)O. The molecular weight excluding hydrogens is 132 g/mol. The van der Waals surface area contributed by atoms with E-state index in [2.05, 4.69) is 11.3 Å². The minimum Gasteiger partial charge on any atom is -0.450 e. The van der Waals surface area contributed by atoms with Gasteiger partial charge in [-0.05, 0) is 0 Å². The highest BCUT2D eigenvalue weighted by Gasteiger charge is 2.14. The molecule has 0 rings (SSSR count). The minimum atomic E-state index is -1.24. The number of ether oxygens (including phenoxy) is 1. The first kappa shape index (κ1) is 9.01. The van der Waals surface area contributed by atoms with Crippen LogP contribution in [0.1, 0.15) is 13.8 Å². The molecule has 0 heterocycles. The van der Waals surface area contributed by atoms with Gasteiger partial charge < -0.3 is 9.84 Å². The standard InChI is InChI=1S/C7H12O3/c1-4-7(2,3)5-10-6(8)9/h4H,1,5H2,2-3H3,(H,8,9). The summed E-state index contributed by atoms with van der Waals surface area (Å²) in [6, 6.07) is 0. The molecule has 3 heteroatoms. The summed E-state index contributed by atoms with van der Waals surface area (Å²) in [6.45, 7) is 7.40. The van der Waals surface area contributed by atoms with Crippen molar-refractivity contribution in [2.24, 2.45) is 5.41 Å². The van der Waals surface area contributed by atoms with Crippen molar-refractivity contribution in [3.05, 3.63) is 12.7 Å². The summed E-state index contributed by atoms with van der Waals surface area (Å²) in [4.78, 5) is 9.91. The topological polar surface area (TPSA) is 46.5 Å². The average Bonchev–Trinajstić information content (AvgIpc) is 1.85. The Labute approximate surface area is 60.3 Å². The summed E-state index contributed by atoms with van der Waals surface area (Å²) in [7, 11) is 0. The lowest BCUT2D eigenvalue weighted by Gasteiger charge is -2.17. The lowest BCUT2D eigenvalue weighted by atomic mass is 9.96. The van der Waals surface area contributed by atoms with Crippen molar-refractivity contribution in [3.8, 4) is 0 Å². The molecule has 0 saturated carbocycles. The van der Waals surface area contributed by atoms with Crippen LogP contribution in [0.2, 0.25) is 0 Å². The van der Waals surface area contributed by atoms with E-state index in [1.54, 1.807) is 6.08 Å². The van der Waals surface area contributed by atoms with Crippen molar-refractivity contribution < 1.29 is 14.6 Å². The molecule has 0 atom stereocenters. The summed E-state index contributed by atoms with van der Waals surface area (Å²) < 4.78 is 4.34. The molecule has 0 aromatic carbocycles. The van der Waals surface area contributed by atoms with Crippen molar-refractivity contribution >= 4 is 6.16 Å². The molecule has 0 aromatic rings. The second-order valence-corrected chi connectivity index (χ2v) is 2.75. The Bertz CT molecular complexity index is 138. The maximum Gasteiger partial charge on any atom is 0.505 e. The second-order valence-electron chi connectivity index (χ2n) is 2.75. The molecule has 3 nitrogen and oxygen atoms in total. The van der Waals surface area contributed by atoms with E-state index >= 15 is 0 Å². The predicted octanol–water partition coefficient (Wildman–Crippen LogP) is 1.89. The Hall–Kier alpha value is -0.990. The number of hydrogen-bond donors (Lipinski definition) is 1. The third-order valence-electron chi connectivity index (χ3n) is 1.12. The van der Waals surface area contributed by atoms with Crippen LogP contribution in [-0.4, -0.2) is 17.9 Å². The average molecular weight is 144 g/mol. The smallest absolute Gasteiger partial charge is 0.450 e. The van der Waals surface area contributed by atoms with Crippen LogP contribution in [0.15, 0.2) is 12.7 Å². The fourth-order valence-electron chi connectivity index (χ4n) is 0.307. The molecule has 1 N–H and O–H groups in total. The zero-order chi connectivity index (χ0) is 8.20. The van der Waals surface area contributed by atoms with Crippen molar-refractivity contribution in [1.29, 1.82) is 0 Å². The normalized spacial score (nSPS) is 10.6. The van der Waals surface area contributed by atoms with Crippen molar-refractivity contribution in [3.63, 3.8) is 0 Å². The number of hydrogen-bond acceptors (Lipinski definition) is 2. The van der Waals surface area contributed by atoms with Gasteiger partial charge in [0.05, 0.1) is 0 Å². The fraction of sp³-hybridized carbons (Fsp3) is 0.571. The van der Waals surface area contributed by atoms with E-state index in [9.17, 15) is 4.79 Å². The second kappa shape index (κ2) is 3.25. The van der Waals surface area contributed by atoms with Crippen LogP contribution in [-0.2, 0) is 4.74 Å². The van der Waals surface area contributed by atoms with Gasteiger partial charge in [-0.3, -0.25) is 0 Å². The van der Waals surface area contributed by atoms with E-state index in [0.717, 1.165) is 0 Å². The zero-order valence-corrected chi connectivity index (χ0v) is 6.26. The van der Waals surface area contributed by atoms with E-state index in [1.807, 2.05) is 13.8 Å². The number of carboxylic acid groups (broad SMARTS) is 1. The van der Waals surface area contributed by atoms with Crippen LogP contribution in [0.4, 0.5) is 4.79 Å². The Morgan fingerprint density at radius 1 is 1.80 bits per heavy atom. The third kappa shape index (κ3) is 3.95.